The number of hydrogen-bond acceptors (Lipinski definition) is 3. The van der Waals surface area contributed by atoms with Crippen LogP contribution in [0.25, 0.3) is 0 Å². The number of methoxy groups -OCH3 is 1. The Morgan fingerprint density at radius 1 is 1.40 bits per heavy atom. The highest BCUT2D eigenvalue weighted by molar-refractivity contribution is 6.34. The summed E-state index contributed by atoms with van der Waals surface area (Å²) in [6.07, 6.45) is 1.50. The number of carbonyl (C=O) groups excluding carboxylic acids is 1. The van der Waals surface area contributed by atoms with Gasteiger partial charge in [-0.1, -0.05) is 17.7 Å². The van der Waals surface area contributed by atoms with Crippen LogP contribution in [0.4, 0.5) is 0 Å². The van der Waals surface area contributed by atoms with Crippen molar-refractivity contribution in [3.05, 3.63) is 46.2 Å². The van der Waals surface area contributed by atoms with Crippen LogP contribution >= 0.6 is 11.6 Å². The second-order valence-corrected chi connectivity index (χ2v) is 5.32. The summed E-state index contributed by atoms with van der Waals surface area (Å²) < 4.78 is 6.92. The molecule has 0 atom stereocenters. The standard InChI is InChI=1S/C15H17ClN2O2/c1-9(2)18-14(12(16)8-17-18)15(19)11-6-5-10(3)7-13(11)20-4/h5-9H,1-4H3. The fourth-order valence-electron chi connectivity index (χ4n) is 2.06. The molecule has 2 rings (SSSR count). The first-order valence-corrected chi connectivity index (χ1v) is 6.75. The molecule has 0 fully saturated rings. The molecule has 0 saturated heterocycles. The van der Waals surface area contributed by atoms with Crippen molar-refractivity contribution in [2.24, 2.45) is 0 Å². The molecule has 106 valence electrons. The van der Waals surface area contributed by atoms with Crippen LogP contribution in [0.3, 0.4) is 0 Å². The van der Waals surface area contributed by atoms with Crippen molar-refractivity contribution in [1.82, 2.24) is 9.78 Å². The highest BCUT2D eigenvalue weighted by Gasteiger charge is 2.23. The van der Waals surface area contributed by atoms with Crippen molar-refractivity contribution in [3.63, 3.8) is 0 Å². The van der Waals surface area contributed by atoms with E-state index in [-0.39, 0.29) is 11.8 Å². The Morgan fingerprint density at radius 2 is 2.10 bits per heavy atom. The summed E-state index contributed by atoms with van der Waals surface area (Å²) >= 11 is 6.12. The molecule has 0 aliphatic heterocycles. The largest absolute Gasteiger partial charge is 0.496 e. The number of carbonyl (C=O) groups is 1. The van der Waals surface area contributed by atoms with E-state index in [9.17, 15) is 4.79 Å². The molecule has 20 heavy (non-hydrogen) atoms. The van der Waals surface area contributed by atoms with Crippen molar-refractivity contribution in [3.8, 4) is 5.75 Å². The molecule has 4 nitrogen and oxygen atoms in total. The van der Waals surface area contributed by atoms with Crippen LogP contribution < -0.4 is 4.74 Å². The number of ether oxygens (including phenoxy) is 1. The van der Waals surface area contributed by atoms with E-state index in [2.05, 4.69) is 5.10 Å². The second kappa shape index (κ2) is 5.67. The van der Waals surface area contributed by atoms with Crippen LogP contribution in [0.2, 0.25) is 5.02 Å². The highest BCUT2D eigenvalue weighted by atomic mass is 35.5. The maximum Gasteiger partial charge on any atom is 0.216 e. The van der Waals surface area contributed by atoms with E-state index in [0.29, 0.717) is 22.0 Å². The lowest BCUT2D eigenvalue weighted by molar-refractivity contribution is 0.102. The number of nitrogens with zero attached hydrogens (tertiary/aromatic N) is 2. The summed E-state index contributed by atoms with van der Waals surface area (Å²) in [5.74, 6) is 0.362. The summed E-state index contributed by atoms with van der Waals surface area (Å²) in [5, 5.41) is 4.51. The van der Waals surface area contributed by atoms with E-state index in [0.717, 1.165) is 5.56 Å². The minimum Gasteiger partial charge on any atom is -0.496 e. The molecule has 5 heteroatoms. The molecule has 0 spiro atoms. The number of ketones is 1. The second-order valence-electron chi connectivity index (χ2n) is 4.91. The number of halogens is 1. The molecule has 0 saturated carbocycles. The number of hydrogen-bond donors (Lipinski definition) is 0. The summed E-state index contributed by atoms with van der Waals surface area (Å²) in [4.78, 5) is 12.7. The van der Waals surface area contributed by atoms with Gasteiger partial charge in [-0.3, -0.25) is 9.48 Å². The van der Waals surface area contributed by atoms with Crippen molar-refractivity contribution in [2.75, 3.05) is 7.11 Å². The van der Waals surface area contributed by atoms with Crippen LogP contribution in [-0.2, 0) is 0 Å². The predicted molar refractivity (Wildman–Crippen MR) is 78.8 cm³/mol. The summed E-state index contributed by atoms with van der Waals surface area (Å²) in [6.45, 7) is 5.85. The summed E-state index contributed by atoms with van der Waals surface area (Å²) in [7, 11) is 1.55. The number of aryl methyl sites for hydroxylation is 1. The van der Waals surface area contributed by atoms with Gasteiger partial charge in [0.25, 0.3) is 0 Å². The molecular weight excluding hydrogens is 276 g/mol. The molecule has 0 N–H and O–H groups in total. The van der Waals surface area contributed by atoms with Gasteiger partial charge in [0.1, 0.15) is 11.4 Å². The molecule has 1 aromatic carbocycles. The summed E-state index contributed by atoms with van der Waals surface area (Å²) in [5.41, 5.74) is 1.91. The van der Waals surface area contributed by atoms with Crippen LogP contribution in [0.15, 0.2) is 24.4 Å². The first-order chi connectivity index (χ1) is 9.45. The molecule has 0 bridgehead atoms. The molecular formula is C15H17ClN2O2. The average molecular weight is 293 g/mol. The highest BCUT2D eigenvalue weighted by Crippen LogP contribution is 2.27. The molecule has 1 heterocycles. The Bertz CT molecular complexity index is 647. The van der Waals surface area contributed by atoms with Gasteiger partial charge >= 0.3 is 0 Å². The molecule has 2 aromatic rings. The maximum absolute atomic E-state index is 12.7. The Hall–Kier alpha value is -1.81. The maximum atomic E-state index is 12.7. The van der Waals surface area contributed by atoms with E-state index in [1.807, 2.05) is 32.9 Å². The third kappa shape index (κ3) is 2.56. The normalized spacial score (nSPS) is 10.9. The lowest BCUT2D eigenvalue weighted by atomic mass is 10.0. The minimum atomic E-state index is -0.182. The predicted octanol–water partition coefficient (Wildman–Crippen LogP) is 3.67. The molecule has 0 radical (unpaired) electrons. The molecule has 0 aliphatic rings. The Kier molecular flexibility index (Phi) is 4.14. The van der Waals surface area contributed by atoms with Gasteiger partial charge in [0.05, 0.1) is 23.9 Å². The van der Waals surface area contributed by atoms with Gasteiger partial charge in [-0.25, -0.2) is 0 Å². The number of benzene rings is 1. The Labute approximate surface area is 123 Å². The molecule has 0 unspecified atom stereocenters. The van der Waals surface area contributed by atoms with Crippen molar-refractivity contribution < 1.29 is 9.53 Å². The summed E-state index contributed by atoms with van der Waals surface area (Å²) in [6, 6.07) is 5.51. The monoisotopic (exact) mass is 292 g/mol. The van der Waals surface area contributed by atoms with E-state index in [1.54, 1.807) is 17.9 Å². The zero-order valence-electron chi connectivity index (χ0n) is 12.0. The first kappa shape index (κ1) is 14.6. The smallest absolute Gasteiger partial charge is 0.216 e. The van der Waals surface area contributed by atoms with Gasteiger partial charge in [-0.2, -0.15) is 5.10 Å². The molecule has 1 aromatic heterocycles. The van der Waals surface area contributed by atoms with Crippen molar-refractivity contribution >= 4 is 17.4 Å². The van der Waals surface area contributed by atoms with Gasteiger partial charge in [0.15, 0.2) is 0 Å². The lowest BCUT2D eigenvalue weighted by Gasteiger charge is -2.13. The van der Waals surface area contributed by atoms with Gasteiger partial charge in [0, 0.05) is 6.04 Å². The first-order valence-electron chi connectivity index (χ1n) is 6.38. The van der Waals surface area contributed by atoms with E-state index in [4.69, 9.17) is 16.3 Å². The Morgan fingerprint density at radius 3 is 2.70 bits per heavy atom. The van der Waals surface area contributed by atoms with Crippen LogP contribution in [0.5, 0.6) is 5.75 Å². The van der Waals surface area contributed by atoms with Crippen LogP contribution in [-0.4, -0.2) is 22.7 Å². The van der Waals surface area contributed by atoms with E-state index < -0.39 is 0 Å². The van der Waals surface area contributed by atoms with Crippen LogP contribution in [0, 0.1) is 6.92 Å². The van der Waals surface area contributed by atoms with Crippen LogP contribution in [0.1, 0.15) is 41.5 Å². The third-order valence-electron chi connectivity index (χ3n) is 3.06. The molecule has 0 aliphatic carbocycles. The Balaban J connectivity index is 2.55. The zero-order chi connectivity index (χ0) is 14.9. The van der Waals surface area contributed by atoms with Crippen molar-refractivity contribution in [1.29, 1.82) is 0 Å². The topological polar surface area (TPSA) is 44.1 Å². The molecule has 0 amide bonds. The number of rotatable bonds is 4. The third-order valence-corrected chi connectivity index (χ3v) is 3.33. The van der Waals surface area contributed by atoms with Gasteiger partial charge in [0.2, 0.25) is 5.78 Å². The van der Waals surface area contributed by atoms with Gasteiger partial charge in [-0.05, 0) is 38.5 Å². The average Bonchev–Trinajstić information content (AvgIpc) is 2.79. The van der Waals surface area contributed by atoms with Crippen molar-refractivity contribution in [2.45, 2.75) is 26.8 Å². The minimum absolute atomic E-state index is 0.0536. The zero-order valence-corrected chi connectivity index (χ0v) is 12.7. The van der Waals surface area contributed by atoms with E-state index in [1.165, 1.54) is 6.20 Å². The fourth-order valence-corrected chi connectivity index (χ4v) is 2.27. The quantitative estimate of drug-likeness (QED) is 0.808. The van der Waals surface area contributed by atoms with Gasteiger partial charge in [-0.15, -0.1) is 0 Å². The lowest BCUT2D eigenvalue weighted by Crippen LogP contribution is -2.14. The van der Waals surface area contributed by atoms with E-state index >= 15 is 0 Å². The van der Waals surface area contributed by atoms with Gasteiger partial charge < -0.3 is 4.74 Å². The number of aromatic nitrogens is 2. The fraction of sp³-hybridized carbons (Fsp3) is 0.333. The SMILES string of the molecule is COc1cc(C)ccc1C(=O)c1c(Cl)cnn1C(C)C.